The first-order valence-electron chi connectivity index (χ1n) is 5.61. The Bertz CT molecular complexity index is 323. The summed E-state index contributed by atoms with van der Waals surface area (Å²) in [5.74, 6) is 0. The molecule has 1 aromatic heterocycles. The smallest absolute Gasteiger partial charge is 0.0606 e. The summed E-state index contributed by atoms with van der Waals surface area (Å²) in [6.07, 6.45) is 5.66. The highest BCUT2D eigenvalue weighted by Gasteiger charge is 2.24. The molecule has 1 fully saturated rings. The average molecular weight is 206 g/mol. The van der Waals surface area contributed by atoms with E-state index in [1.807, 2.05) is 19.2 Å². The van der Waals surface area contributed by atoms with Crippen molar-refractivity contribution in [3.63, 3.8) is 0 Å². The number of anilines is 1. The molecule has 2 rings (SSSR count). The molecule has 0 unspecified atom stereocenters. The van der Waals surface area contributed by atoms with Gasteiger partial charge in [-0.1, -0.05) is 0 Å². The van der Waals surface area contributed by atoms with Crippen molar-refractivity contribution in [2.45, 2.75) is 32.2 Å². The van der Waals surface area contributed by atoms with Crippen LogP contribution in [0.4, 0.5) is 5.69 Å². The SMILES string of the molecule is Cc1cc(N(CCO)C2CCC2)ccn1. The molecule has 1 saturated carbocycles. The van der Waals surface area contributed by atoms with Crippen LogP contribution in [0, 0.1) is 6.92 Å². The van der Waals surface area contributed by atoms with Crippen LogP contribution in [0.2, 0.25) is 0 Å². The summed E-state index contributed by atoms with van der Waals surface area (Å²) in [5, 5.41) is 9.08. The van der Waals surface area contributed by atoms with Crippen LogP contribution in [0.1, 0.15) is 25.0 Å². The predicted molar refractivity (Wildman–Crippen MR) is 61.0 cm³/mol. The molecule has 0 radical (unpaired) electrons. The van der Waals surface area contributed by atoms with E-state index >= 15 is 0 Å². The van der Waals surface area contributed by atoms with Crippen molar-refractivity contribution in [2.75, 3.05) is 18.1 Å². The lowest BCUT2D eigenvalue weighted by atomic mass is 9.91. The van der Waals surface area contributed by atoms with Gasteiger partial charge in [-0.2, -0.15) is 0 Å². The molecule has 0 bridgehead atoms. The number of aliphatic hydroxyl groups is 1. The number of aryl methyl sites for hydroxylation is 1. The second-order valence-electron chi connectivity index (χ2n) is 4.16. The highest BCUT2D eigenvalue weighted by molar-refractivity contribution is 5.47. The van der Waals surface area contributed by atoms with Gasteiger partial charge in [0.2, 0.25) is 0 Å². The van der Waals surface area contributed by atoms with E-state index < -0.39 is 0 Å². The maximum absolute atomic E-state index is 9.08. The molecule has 0 aliphatic heterocycles. The molecule has 1 aliphatic carbocycles. The van der Waals surface area contributed by atoms with E-state index in [2.05, 4.69) is 16.0 Å². The summed E-state index contributed by atoms with van der Waals surface area (Å²) >= 11 is 0. The van der Waals surface area contributed by atoms with Gasteiger partial charge in [-0.15, -0.1) is 0 Å². The molecule has 1 aromatic rings. The van der Waals surface area contributed by atoms with Gasteiger partial charge in [0.05, 0.1) is 6.61 Å². The summed E-state index contributed by atoms with van der Waals surface area (Å²) in [5.41, 5.74) is 2.23. The minimum atomic E-state index is 0.220. The third-order valence-electron chi connectivity index (χ3n) is 3.07. The third kappa shape index (κ3) is 2.29. The van der Waals surface area contributed by atoms with Gasteiger partial charge in [0.15, 0.2) is 0 Å². The van der Waals surface area contributed by atoms with E-state index in [0.29, 0.717) is 6.04 Å². The molecule has 82 valence electrons. The number of hydrogen-bond donors (Lipinski definition) is 1. The van der Waals surface area contributed by atoms with Gasteiger partial charge in [-0.3, -0.25) is 4.98 Å². The van der Waals surface area contributed by atoms with Gasteiger partial charge in [0.1, 0.15) is 0 Å². The molecule has 3 heteroatoms. The van der Waals surface area contributed by atoms with E-state index in [1.54, 1.807) is 0 Å². The third-order valence-corrected chi connectivity index (χ3v) is 3.07. The molecule has 0 aromatic carbocycles. The number of rotatable bonds is 4. The minimum Gasteiger partial charge on any atom is -0.395 e. The zero-order valence-corrected chi connectivity index (χ0v) is 9.19. The van der Waals surface area contributed by atoms with Gasteiger partial charge in [-0.25, -0.2) is 0 Å². The molecule has 1 heterocycles. The summed E-state index contributed by atoms with van der Waals surface area (Å²) < 4.78 is 0. The Morgan fingerprint density at radius 1 is 1.53 bits per heavy atom. The van der Waals surface area contributed by atoms with Gasteiger partial charge in [-0.05, 0) is 38.3 Å². The van der Waals surface area contributed by atoms with E-state index in [-0.39, 0.29) is 6.61 Å². The van der Waals surface area contributed by atoms with Crippen LogP contribution < -0.4 is 4.90 Å². The molecule has 0 atom stereocenters. The van der Waals surface area contributed by atoms with Gasteiger partial charge in [0, 0.05) is 30.2 Å². The molecule has 3 nitrogen and oxygen atoms in total. The van der Waals surface area contributed by atoms with Crippen molar-refractivity contribution in [2.24, 2.45) is 0 Å². The van der Waals surface area contributed by atoms with E-state index in [4.69, 9.17) is 5.11 Å². The lowest BCUT2D eigenvalue weighted by Crippen LogP contribution is -2.42. The second-order valence-corrected chi connectivity index (χ2v) is 4.16. The summed E-state index contributed by atoms with van der Waals surface area (Å²) in [6, 6.07) is 4.74. The van der Waals surface area contributed by atoms with Crippen molar-refractivity contribution in [1.29, 1.82) is 0 Å². The normalized spacial score (nSPS) is 16.1. The fourth-order valence-corrected chi connectivity index (χ4v) is 2.04. The van der Waals surface area contributed by atoms with Crippen LogP contribution >= 0.6 is 0 Å². The van der Waals surface area contributed by atoms with Gasteiger partial charge in [0.25, 0.3) is 0 Å². The largest absolute Gasteiger partial charge is 0.395 e. The first kappa shape index (κ1) is 10.4. The molecular weight excluding hydrogens is 188 g/mol. The Kier molecular flexibility index (Phi) is 3.21. The average Bonchev–Trinajstić information content (AvgIpc) is 2.14. The Hall–Kier alpha value is -1.09. The van der Waals surface area contributed by atoms with Crippen LogP contribution in [0.15, 0.2) is 18.3 Å². The van der Waals surface area contributed by atoms with Crippen LogP contribution in [0.25, 0.3) is 0 Å². The van der Waals surface area contributed by atoms with Crippen molar-refractivity contribution < 1.29 is 5.11 Å². The van der Waals surface area contributed by atoms with Crippen LogP contribution in [0.3, 0.4) is 0 Å². The highest BCUT2D eigenvalue weighted by Crippen LogP contribution is 2.29. The molecule has 0 spiro atoms. The van der Waals surface area contributed by atoms with Gasteiger partial charge >= 0.3 is 0 Å². The van der Waals surface area contributed by atoms with Crippen molar-refractivity contribution in [3.8, 4) is 0 Å². The van der Waals surface area contributed by atoms with Crippen molar-refractivity contribution in [1.82, 2.24) is 4.98 Å². The number of nitrogens with zero attached hydrogens (tertiary/aromatic N) is 2. The molecule has 0 saturated heterocycles. The van der Waals surface area contributed by atoms with E-state index in [1.165, 1.54) is 24.9 Å². The fraction of sp³-hybridized carbons (Fsp3) is 0.583. The van der Waals surface area contributed by atoms with E-state index in [9.17, 15) is 0 Å². The van der Waals surface area contributed by atoms with Crippen LogP contribution in [-0.2, 0) is 0 Å². The Morgan fingerprint density at radius 3 is 2.87 bits per heavy atom. The van der Waals surface area contributed by atoms with E-state index in [0.717, 1.165) is 12.2 Å². The Balaban J connectivity index is 2.15. The predicted octanol–water partition coefficient (Wildman–Crippen LogP) is 1.74. The molecule has 0 amide bonds. The topological polar surface area (TPSA) is 36.4 Å². The Labute approximate surface area is 90.8 Å². The first-order valence-corrected chi connectivity index (χ1v) is 5.61. The second kappa shape index (κ2) is 4.62. The number of hydrogen-bond acceptors (Lipinski definition) is 3. The monoisotopic (exact) mass is 206 g/mol. The highest BCUT2D eigenvalue weighted by atomic mass is 16.3. The summed E-state index contributed by atoms with van der Waals surface area (Å²) in [4.78, 5) is 6.50. The first-order chi connectivity index (χ1) is 7.31. The zero-order chi connectivity index (χ0) is 10.7. The molecule has 1 aliphatic rings. The maximum atomic E-state index is 9.08. The lowest BCUT2D eigenvalue weighted by Gasteiger charge is -2.39. The lowest BCUT2D eigenvalue weighted by molar-refractivity contribution is 0.283. The zero-order valence-electron chi connectivity index (χ0n) is 9.19. The van der Waals surface area contributed by atoms with Gasteiger partial charge < -0.3 is 10.0 Å². The maximum Gasteiger partial charge on any atom is 0.0606 e. The standard InChI is InChI=1S/C12H18N2O/c1-10-9-12(5-6-13-10)14(7-8-15)11-3-2-4-11/h5-6,9,11,15H,2-4,7-8H2,1H3. The molecule has 1 N–H and O–H groups in total. The molecular formula is C12H18N2O. The number of pyridine rings is 1. The molecule has 15 heavy (non-hydrogen) atoms. The number of aromatic nitrogens is 1. The van der Waals surface area contributed by atoms with Crippen molar-refractivity contribution in [3.05, 3.63) is 24.0 Å². The fourth-order valence-electron chi connectivity index (χ4n) is 2.04. The Morgan fingerprint density at radius 2 is 2.33 bits per heavy atom. The number of aliphatic hydroxyl groups excluding tert-OH is 1. The minimum absolute atomic E-state index is 0.220. The summed E-state index contributed by atoms with van der Waals surface area (Å²) in [7, 11) is 0. The van der Waals surface area contributed by atoms with Crippen molar-refractivity contribution >= 4 is 5.69 Å². The summed E-state index contributed by atoms with van der Waals surface area (Å²) in [6.45, 7) is 2.95. The van der Waals surface area contributed by atoms with Crippen LogP contribution in [0.5, 0.6) is 0 Å². The quantitative estimate of drug-likeness (QED) is 0.815. The van der Waals surface area contributed by atoms with Crippen LogP contribution in [-0.4, -0.2) is 29.3 Å².